The van der Waals surface area contributed by atoms with E-state index in [1.165, 1.54) is 0 Å². The molecular weight excluding hydrogens is 258 g/mol. The summed E-state index contributed by atoms with van der Waals surface area (Å²) in [5.41, 5.74) is 6.99. The van der Waals surface area contributed by atoms with Crippen molar-refractivity contribution in [2.45, 2.75) is 24.8 Å². The number of aliphatic hydroxyl groups is 1. The Balaban J connectivity index is 1.75. The summed E-state index contributed by atoms with van der Waals surface area (Å²) in [6.07, 6.45) is 1.23. The number of nitrogens with zero attached hydrogens (tertiary/aromatic N) is 2. The molecule has 0 aliphatic carbocycles. The summed E-state index contributed by atoms with van der Waals surface area (Å²) < 4.78 is 10.9. The first-order chi connectivity index (χ1) is 9.78. The molecule has 3 N–H and O–H groups in total. The van der Waals surface area contributed by atoms with Crippen molar-refractivity contribution >= 4 is 0 Å². The third-order valence-electron chi connectivity index (χ3n) is 3.46. The second-order valence-corrected chi connectivity index (χ2v) is 4.93. The summed E-state index contributed by atoms with van der Waals surface area (Å²) in [4.78, 5) is 4.33. The van der Waals surface area contributed by atoms with Gasteiger partial charge in [0.1, 0.15) is 5.75 Å². The molecule has 2 atom stereocenters. The van der Waals surface area contributed by atoms with Crippen LogP contribution in [0.25, 0.3) is 0 Å². The van der Waals surface area contributed by atoms with Gasteiger partial charge < -0.3 is 20.1 Å². The Bertz CT molecular complexity index is 585. The second kappa shape index (κ2) is 5.60. The first-order valence-corrected chi connectivity index (χ1v) is 6.68. The van der Waals surface area contributed by atoms with Crippen LogP contribution in [0, 0.1) is 0 Å². The summed E-state index contributed by atoms with van der Waals surface area (Å²) in [6.45, 7) is 0.532. The lowest BCUT2D eigenvalue weighted by Crippen LogP contribution is -2.20. The maximum Gasteiger partial charge on any atom is 0.243 e. The smallest absolute Gasteiger partial charge is 0.243 e. The van der Waals surface area contributed by atoms with E-state index in [0.29, 0.717) is 24.7 Å². The van der Waals surface area contributed by atoms with Crippen molar-refractivity contribution in [3.63, 3.8) is 0 Å². The van der Waals surface area contributed by atoms with Gasteiger partial charge in [-0.05, 0) is 24.5 Å². The molecule has 1 aromatic heterocycles. The van der Waals surface area contributed by atoms with Crippen LogP contribution in [0.2, 0.25) is 0 Å². The number of hydrogen-bond acceptors (Lipinski definition) is 6. The number of rotatable bonds is 4. The zero-order valence-corrected chi connectivity index (χ0v) is 11.0. The first kappa shape index (κ1) is 13.1. The van der Waals surface area contributed by atoms with Gasteiger partial charge in [-0.3, -0.25) is 0 Å². The first-order valence-electron chi connectivity index (χ1n) is 6.68. The Hall–Kier alpha value is -1.92. The molecule has 0 saturated heterocycles. The van der Waals surface area contributed by atoms with Crippen molar-refractivity contribution in [2.75, 3.05) is 13.2 Å². The van der Waals surface area contributed by atoms with E-state index in [1.54, 1.807) is 0 Å². The zero-order chi connectivity index (χ0) is 13.9. The van der Waals surface area contributed by atoms with Gasteiger partial charge in [-0.2, -0.15) is 4.98 Å². The number of nitrogens with two attached hydrogens (primary N) is 1. The molecule has 0 radical (unpaired) electrons. The molecule has 1 aliphatic rings. The van der Waals surface area contributed by atoms with Crippen LogP contribution in [-0.4, -0.2) is 28.5 Å². The van der Waals surface area contributed by atoms with Crippen LogP contribution >= 0.6 is 0 Å². The average Bonchev–Trinajstić information content (AvgIpc) is 2.97. The van der Waals surface area contributed by atoms with E-state index < -0.39 is 6.04 Å². The summed E-state index contributed by atoms with van der Waals surface area (Å²) in [5, 5.41) is 12.9. The number of aliphatic hydroxyl groups excluding tert-OH is 1. The van der Waals surface area contributed by atoms with E-state index >= 15 is 0 Å². The Morgan fingerprint density at radius 2 is 2.25 bits per heavy atom. The van der Waals surface area contributed by atoms with Crippen molar-refractivity contribution in [1.29, 1.82) is 0 Å². The molecule has 1 aromatic carbocycles. The van der Waals surface area contributed by atoms with Crippen LogP contribution in [0.5, 0.6) is 5.75 Å². The highest BCUT2D eigenvalue weighted by Crippen LogP contribution is 2.31. The van der Waals surface area contributed by atoms with E-state index in [2.05, 4.69) is 10.1 Å². The van der Waals surface area contributed by atoms with Crippen LogP contribution in [0.15, 0.2) is 28.8 Å². The third kappa shape index (κ3) is 2.52. The molecule has 0 spiro atoms. The summed E-state index contributed by atoms with van der Waals surface area (Å²) in [7, 11) is 0. The van der Waals surface area contributed by atoms with Gasteiger partial charge in [-0.15, -0.1) is 0 Å². The van der Waals surface area contributed by atoms with Crippen LogP contribution in [0.3, 0.4) is 0 Å². The largest absolute Gasteiger partial charge is 0.493 e. The zero-order valence-electron chi connectivity index (χ0n) is 11.0. The molecule has 0 amide bonds. The molecule has 2 heterocycles. The highest BCUT2D eigenvalue weighted by molar-refractivity contribution is 5.36. The van der Waals surface area contributed by atoms with Gasteiger partial charge in [0.25, 0.3) is 0 Å². The quantitative estimate of drug-likeness (QED) is 0.869. The van der Waals surface area contributed by atoms with Gasteiger partial charge in [0.2, 0.25) is 5.89 Å². The predicted molar refractivity (Wildman–Crippen MR) is 71.3 cm³/mol. The van der Waals surface area contributed by atoms with Gasteiger partial charge >= 0.3 is 0 Å². The highest BCUT2D eigenvalue weighted by atomic mass is 16.5. The van der Waals surface area contributed by atoms with Crippen LogP contribution < -0.4 is 10.5 Å². The molecule has 6 nitrogen and oxygen atoms in total. The Morgan fingerprint density at radius 1 is 1.40 bits per heavy atom. The number of fused-ring (bicyclic) bond motifs is 1. The van der Waals surface area contributed by atoms with E-state index in [4.69, 9.17) is 20.1 Å². The number of hydrogen-bond donors (Lipinski definition) is 2. The predicted octanol–water partition coefficient (Wildman–Crippen LogP) is 1.17. The molecule has 6 heteroatoms. The van der Waals surface area contributed by atoms with Crippen LogP contribution in [0.4, 0.5) is 0 Å². The fraction of sp³-hybridized carbons (Fsp3) is 0.429. The normalized spacial score (nSPS) is 19.2. The Labute approximate surface area is 116 Å². The molecule has 2 aromatic rings. The summed E-state index contributed by atoms with van der Waals surface area (Å²) in [5.74, 6) is 1.98. The molecule has 20 heavy (non-hydrogen) atoms. The number of benzene rings is 1. The number of ether oxygens (including phenoxy) is 1. The van der Waals surface area contributed by atoms with E-state index in [9.17, 15) is 0 Å². The number of para-hydroxylation sites is 1. The lowest BCUT2D eigenvalue weighted by Gasteiger charge is -2.22. The molecular formula is C14H17N3O3. The molecule has 3 rings (SSSR count). The summed E-state index contributed by atoms with van der Waals surface area (Å²) in [6, 6.07) is 7.53. The topological polar surface area (TPSA) is 94.4 Å². The maximum absolute atomic E-state index is 8.87. The van der Waals surface area contributed by atoms with Crippen molar-refractivity contribution in [3.8, 4) is 5.75 Å². The van der Waals surface area contributed by atoms with Crippen molar-refractivity contribution < 1.29 is 14.4 Å². The van der Waals surface area contributed by atoms with Gasteiger partial charge in [-0.25, -0.2) is 0 Å². The Kier molecular flexibility index (Phi) is 3.66. The molecule has 0 bridgehead atoms. The lowest BCUT2D eigenvalue weighted by atomic mass is 9.96. The molecule has 0 saturated carbocycles. The second-order valence-electron chi connectivity index (χ2n) is 4.93. The van der Waals surface area contributed by atoms with E-state index in [0.717, 1.165) is 17.7 Å². The molecule has 106 valence electrons. The molecule has 1 aliphatic heterocycles. The van der Waals surface area contributed by atoms with Gasteiger partial charge in [0, 0.05) is 6.61 Å². The lowest BCUT2D eigenvalue weighted by molar-refractivity contribution is 0.250. The average molecular weight is 275 g/mol. The van der Waals surface area contributed by atoms with E-state index in [1.807, 2.05) is 24.3 Å². The Morgan fingerprint density at radius 3 is 3.10 bits per heavy atom. The van der Waals surface area contributed by atoms with Crippen molar-refractivity contribution in [1.82, 2.24) is 10.1 Å². The minimum atomic E-state index is -0.418. The van der Waals surface area contributed by atoms with Crippen LogP contribution in [0.1, 0.15) is 35.7 Å². The van der Waals surface area contributed by atoms with Crippen LogP contribution in [-0.2, 0) is 6.42 Å². The number of aromatic nitrogens is 2. The SMILES string of the molecule is NC(CCO)c1nc(C2COc3ccccc3C2)no1. The van der Waals surface area contributed by atoms with Gasteiger partial charge in [0.15, 0.2) is 5.82 Å². The minimum absolute atomic E-state index is 0.00120. The van der Waals surface area contributed by atoms with Gasteiger partial charge in [0.05, 0.1) is 18.6 Å². The fourth-order valence-electron chi connectivity index (χ4n) is 2.32. The fourth-order valence-corrected chi connectivity index (χ4v) is 2.32. The van der Waals surface area contributed by atoms with Crippen molar-refractivity contribution in [3.05, 3.63) is 41.5 Å². The molecule has 0 fully saturated rings. The summed E-state index contributed by atoms with van der Waals surface area (Å²) >= 11 is 0. The van der Waals surface area contributed by atoms with Gasteiger partial charge in [-0.1, -0.05) is 23.4 Å². The molecule has 2 unspecified atom stereocenters. The highest BCUT2D eigenvalue weighted by Gasteiger charge is 2.26. The standard InChI is InChI=1S/C14H17N3O3/c15-11(5-6-18)14-16-13(17-20-14)10-7-9-3-1-2-4-12(9)19-8-10/h1-4,10-11,18H,5-8,15H2. The minimum Gasteiger partial charge on any atom is -0.493 e. The third-order valence-corrected chi connectivity index (χ3v) is 3.46. The van der Waals surface area contributed by atoms with Crippen molar-refractivity contribution in [2.24, 2.45) is 5.73 Å². The monoisotopic (exact) mass is 275 g/mol. The van der Waals surface area contributed by atoms with E-state index in [-0.39, 0.29) is 12.5 Å². The maximum atomic E-state index is 8.87.